The number of pyridine rings is 1. The number of hydrogen-bond donors (Lipinski definition) is 0. The van der Waals surface area contributed by atoms with E-state index in [1.807, 2.05) is 12.1 Å². The van der Waals surface area contributed by atoms with Gasteiger partial charge in [0.1, 0.15) is 5.82 Å². The maximum atomic E-state index is 10.7. The van der Waals surface area contributed by atoms with Crippen LogP contribution in [0.3, 0.4) is 0 Å². The van der Waals surface area contributed by atoms with E-state index in [0.29, 0.717) is 11.6 Å². The maximum absolute atomic E-state index is 10.7. The maximum Gasteiger partial charge on any atom is 0.151 e. The lowest BCUT2D eigenvalue weighted by atomic mass is 9.96. The van der Waals surface area contributed by atoms with Crippen molar-refractivity contribution in [2.24, 2.45) is 0 Å². The molecule has 1 aliphatic rings. The molecule has 3 rings (SSSR count). The van der Waals surface area contributed by atoms with Crippen LogP contribution < -0.4 is 4.90 Å². The molecule has 19 heavy (non-hydrogen) atoms. The lowest BCUT2D eigenvalue weighted by Crippen LogP contribution is -2.33. The molecule has 1 aliphatic heterocycles. The normalized spacial score (nSPS) is 17.9. The SMILES string of the molecule is CC1CCc2ccccc2N1c1ccc(C=O)cn1. The Kier molecular flexibility index (Phi) is 3.03. The highest BCUT2D eigenvalue weighted by Crippen LogP contribution is 2.35. The Bertz CT molecular complexity index is 592. The van der Waals surface area contributed by atoms with Crippen molar-refractivity contribution in [1.82, 2.24) is 4.98 Å². The molecule has 0 aliphatic carbocycles. The zero-order valence-corrected chi connectivity index (χ0v) is 10.9. The van der Waals surface area contributed by atoms with Crippen molar-refractivity contribution < 1.29 is 4.79 Å². The molecule has 1 unspecified atom stereocenters. The number of aldehydes is 1. The molecule has 0 bridgehead atoms. The highest BCUT2D eigenvalue weighted by molar-refractivity contribution is 5.75. The molecule has 2 aromatic rings. The smallest absolute Gasteiger partial charge is 0.151 e. The van der Waals surface area contributed by atoms with Crippen LogP contribution in [0.25, 0.3) is 0 Å². The Morgan fingerprint density at radius 3 is 2.84 bits per heavy atom. The predicted octanol–water partition coefficient (Wildman–Crippen LogP) is 3.37. The molecule has 0 saturated carbocycles. The van der Waals surface area contributed by atoms with Crippen molar-refractivity contribution in [2.75, 3.05) is 4.90 Å². The molecule has 1 atom stereocenters. The summed E-state index contributed by atoms with van der Waals surface area (Å²) in [4.78, 5) is 17.4. The Hall–Kier alpha value is -2.16. The summed E-state index contributed by atoms with van der Waals surface area (Å²) in [6.07, 6.45) is 4.69. The van der Waals surface area contributed by atoms with Crippen LogP contribution in [0.1, 0.15) is 29.3 Å². The van der Waals surface area contributed by atoms with Crippen LogP contribution in [0.15, 0.2) is 42.6 Å². The molecular weight excluding hydrogens is 236 g/mol. The third kappa shape index (κ3) is 2.12. The lowest BCUT2D eigenvalue weighted by molar-refractivity contribution is 0.112. The summed E-state index contributed by atoms with van der Waals surface area (Å²) in [5.41, 5.74) is 3.20. The summed E-state index contributed by atoms with van der Waals surface area (Å²) in [5.74, 6) is 0.908. The fourth-order valence-corrected chi connectivity index (χ4v) is 2.65. The first-order chi connectivity index (χ1) is 9.29. The van der Waals surface area contributed by atoms with Crippen molar-refractivity contribution in [3.05, 3.63) is 53.7 Å². The number of fused-ring (bicyclic) bond motifs is 1. The number of carbonyl (C=O) groups is 1. The van der Waals surface area contributed by atoms with Crippen LogP contribution in [0, 0.1) is 0 Å². The van der Waals surface area contributed by atoms with Gasteiger partial charge in [0.05, 0.1) is 0 Å². The minimum absolute atomic E-state index is 0.421. The van der Waals surface area contributed by atoms with Crippen LogP contribution in [0.5, 0.6) is 0 Å². The van der Waals surface area contributed by atoms with Crippen LogP contribution >= 0.6 is 0 Å². The summed E-state index contributed by atoms with van der Waals surface area (Å²) in [5, 5.41) is 0. The van der Waals surface area contributed by atoms with Gasteiger partial charge in [0.15, 0.2) is 6.29 Å². The Morgan fingerprint density at radius 2 is 2.11 bits per heavy atom. The van der Waals surface area contributed by atoms with Crippen LogP contribution in [0.2, 0.25) is 0 Å². The van der Waals surface area contributed by atoms with Crippen molar-refractivity contribution in [1.29, 1.82) is 0 Å². The molecule has 3 nitrogen and oxygen atoms in total. The average Bonchev–Trinajstić information content (AvgIpc) is 2.47. The fraction of sp³-hybridized carbons (Fsp3) is 0.250. The van der Waals surface area contributed by atoms with Crippen LogP contribution in [-0.4, -0.2) is 17.3 Å². The Labute approximate surface area is 112 Å². The van der Waals surface area contributed by atoms with Crippen molar-refractivity contribution >= 4 is 17.8 Å². The molecule has 1 aromatic carbocycles. The van der Waals surface area contributed by atoms with E-state index < -0.39 is 0 Å². The molecule has 0 saturated heterocycles. The number of aromatic nitrogens is 1. The number of anilines is 2. The molecule has 0 amide bonds. The second kappa shape index (κ2) is 4.84. The number of carbonyl (C=O) groups excluding carboxylic acids is 1. The minimum atomic E-state index is 0.421. The number of aryl methyl sites for hydroxylation is 1. The molecule has 0 spiro atoms. The molecular formula is C16H16N2O. The van der Waals surface area contributed by atoms with E-state index in [2.05, 4.69) is 41.1 Å². The van der Waals surface area contributed by atoms with E-state index in [1.54, 1.807) is 6.20 Å². The first-order valence-electron chi connectivity index (χ1n) is 6.58. The van der Waals surface area contributed by atoms with Gasteiger partial charge in [-0.15, -0.1) is 0 Å². The fourth-order valence-electron chi connectivity index (χ4n) is 2.65. The first kappa shape index (κ1) is 11.9. The second-order valence-corrected chi connectivity index (χ2v) is 4.95. The summed E-state index contributed by atoms with van der Waals surface area (Å²) >= 11 is 0. The molecule has 0 fully saturated rings. The van der Waals surface area contributed by atoms with Crippen LogP contribution in [-0.2, 0) is 6.42 Å². The van der Waals surface area contributed by atoms with Crippen molar-refractivity contribution in [3.63, 3.8) is 0 Å². The van der Waals surface area contributed by atoms with Gasteiger partial charge < -0.3 is 4.90 Å². The summed E-state index contributed by atoms with van der Waals surface area (Å²) in [6, 6.07) is 12.6. The van der Waals surface area contributed by atoms with Gasteiger partial charge in [-0.25, -0.2) is 4.98 Å². The third-order valence-corrected chi connectivity index (χ3v) is 3.68. The first-order valence-corrected chi connectivity index (χ1v) is 6.58. The van der Waals surface area contributed by atoms with Gasteiger partial charge in [0.25, 0.3) is 0 Å². The highest BCUT2D eigenvalue weighted by Gasteiger charge is 2.24. The van der Waals surface area contributed by atoms with Gasteiger partial charge in [0, 0.05) is 23.5 Å². The van der Waals surface area contributed by atoms with Gasteiger partial charge in [0.2, 0.25) is 0 Å². The molecule has 0 radical (unpaired) electrons. The topological polar surface area (TPSA) is 33.2 Å². The standard InChI is InChI=1S/C16H16N2O/c1-12-6-8-14-4-2-3-5-15(14)18(12)16-9-7-13(11-19)10-17-16/h2-5,7,9-12H,6,8H2,1H3. The quantitative estimate of drug-likeness (QED) is 0.768. The number of hydrogen-bond acceptors (Lipinski definition) is 3. The number of rotatable bonds is 2. The Balaban J connectivity index is 2.05. The van der Waals surface area contributed by atoms with Crippen molar-refractivity contribution in [3.8, 4) is 0 Å². The largest absolute Gasteiger partial charge is 0.323 e. The average molecular weight is 252 g/mol. The number of benzene rings is 1. The molecule has 0 N–H and O–H groups in total. The highest BCUT2D eigenvalue weighted by atomic mass is 16.1. The zero-order chi connectivity index (χ0) is 13.2. The molecule has 2 heterocycles. The van der Waals surface area contributed by atoms with Gasteiger partial charge >= 0.3 is 0 Å². The Morgan fingerprint density at radius 1 is 1.26 bits per heavy atom. The van der Waals surface area contributed by atoms with E-state index in [0.717, 1.165) is 24.9 Å². The third-order valence-electron chi connectivity index (χ3n) is 3.68. The van der Waals surface area contributed by atoms with Gasteiger partial charge in [-0.05, 0) is 43.5 Å². The molecule has 3 heteroatoms. The second-order valence-electron chi connectivity index (χ2n) is 4.95. The van der Waals surface area contributed by atoms with Gasteiger partial charge in [-0.1, -0.05) is 18.2 Å². The zero-order valence-electron chi connectivity index (χ0n) is 10.9. The van der Waals surface area contributed by atoms with Gasteiger partial charge in [-0.3, -0.25) is 4.79 Å². The lowest BCUT2D eigenvalue weighted by Gasteiger charge is -2.36. The number of nitrogens with zero attached hydrogens (tertiary/aromatic N) is 2. The summed E-state index contributed by atoms with van der Waals surface area (Å²) < 4.78 is 0. The van der Waals surface area contributed by atoms with Crippen molar-refractivity contribution in [2.45, 2.75) is 25.8 Å². The van der Waals surface area contributed by atoms with E-state index in [9.17, 15) is 4.79 Å². The molecule has 1 aromatic heterocycles. The minimum Gasteiger partial charge on any atom is -0.323 e. The predicted molar refractivity (Wildman–Crippen MR) is 76.0 cm³/mol. The molecule has 96 valence electrons. The van der Waals surface area contributed by atoms with E-state index >= 15 is 0 Å². The van der Waals surface area contributed by atoms with E-state index in [-0.39, 0.29) is 0 Å². The monoisotopic (exact) mass is 252 g/mol. The summed E-state index contributed by atoms with van der Waals surface area (Å²) in [6.45, 7) is 2.21. The van der Waals surface area contributed by atoms with E-state index in [4.69, 9.17) is 0 Å². The number of para-hydroxylation sites is 1. The van der Waals surface area contributed by atoms with E-state index in [1.165, 1.54) is 11.3 Å². The van der Waals surface area contributed by atoms with Gasteiger partial charge in [-0.2, -0.15) is 0 Å². The summed E-state index contributed by atoms with van der Waals surface area (Å²) in [7, 11) is 0. The van der Waals surface area contributed by atoms with Crippen LogP contribution in [0.4, 0.5) is 11.5 Å².